The van der Waals surface area contributed by atoms with E-state index in [0.717, 1.165) is 19.4 Å². The number of amidine groups is 1. The molecule has 0 aliphatic carbocycles. The summed E-state index contributed by atoms with van der Waals surface area (Å²) < 4.78 is 28.0. The molecule has 0 bridgehead atoms. The van der Waals surface area contributed by atoms with Crippen LogP contribution in [0.5, 0.6) is 0 Å². The standard InChI is InChI=1S/C8H14F2N2O/c9-7(10)6-13-5-4-12-3-1-2-8(12)11/h7,11H,1-6H2. The van der Waals surface area contributed by atoms with E-state index in [-0.39, 0.29) is 6.61 Å². The van der Waals surface area contributed by atoms with Crippen LogP contribution in [0.25, 0.3) is 0 Å². The molecule has 0 saturated carbocycles. The lowest BCUT2D eigenvalue weighted by Crippen LogP contribution is -2.28. The van der Waals surface area contributed by atoms with Gasteiger partial charge in [-0.2, -0.15) is 0 Å². The highest BCUT2D eigenvalue weighted by atomic mass is 19.3. The summed E-state index contributed by atoms with van der Waals surface area (Å²) in [6.07, 6.45) is -0.597. The Bertz CT molecular complexity index is 176. The Kier molecular flexibility index (Phi) is 4.08. The molecule has 5 heteroatoms. The first-order valence-corrected chi connectivity index (χ1v) is 4.38. The van der Waals surface area contributed by atoms with Gasteiger partial charge in [0.25, 0.3) is 6.43 Å². The molecule has 0 atom stereocenters. The highest BCUT2D eigenvalue weighted by Crippen LogP contribution is 2.08. The number of hydrogen-bond acceptors (Lipinski definition) is 2. The lowest BCUT2D eigenvalue weighted by molar-refractivity contribution is 0.0145. The van der Waals surface area contributed by atoms with Crippen LogP contribution in [0.1, 0.15) is 12.8 Å². The Hall–Kier alpha value is -0.710. The van der Waals surface area contributed by atoms with Crippen LogP contribution in [0.15, 0.2) is 0 Å². The van der Waals surface area contributed by atoms with Gasteiger partial charge in [0.1, 0.15) is 6.61 Å². The maximum Gasteiger partial charge on any atom is 0.261 e. The number of likely N-dealkylation sites (tertiary alicyclic amines) is 1. The fraction of sp³-hybridized carbons (Fsp3) is 0.875. The average molecular weight is 192 g/mol. The van der Waals surface area contributed by atoms with Crippen molar-refractivity contribution in [1.82, 2.24) is 4.90 Å². The van der Waals surface area contributed by atoms with E-state index in [2.05, 4.69) is 0 Å². The largest absolute Gasteiger partial charge is 0.374 e. The van der Waals surface area contributed by atoms with Gasteiger partial charge in [0.05, 0.1) is 12.4 Å². The van der Waals surface area contributed by atoms with Gasteiger partial charge in [0.2, 0.25) is 0 Å². The first-order valence-electron chi connectivity index (χ1n) is 4.38. The molecule has 0 aromatic carbocycles. The van der Waals surface area contributed by atoms with Gasteiger partial charge in [-0.25, -0.2) is 8.78 Å². The second-order valence-corrected chi connectivity index (χ2v) is 3.00. The first kappa shape index (κ1) is 10.4. The number of nitrogens with zero attached hydrogens (tertiary/aromatic N) is 1. The number of nitrogens with one attached hydrogen (secondary N) is 1. The van der Waals surface area contributed by atoms with E-state index < -0.39 is 13.0 Å². The lowest BCUT2D eigenvalue weighted by atomic mass is 10.4. The summed E-state index contributed by atoms with van der Waals surface area (Å²) in [6, 6.07) is 0. The van der Waals surface area contributed by atoms with Crippen molar-refractivity contribution in [3.05, 3.63) is 0 Å². The van der Waals surface area contributed by atoms with Crippen LogP contribution < -0.4 is 0 Å². The third-order valence-corrected chi connectivity index (χ3v) is 1.97. The van der Waals surface area contributed by atoms with Crippen molar-refractivity contribution in [3.63, 3.8) is 0 Å². The number of halogens is 2. The van der Waals surface area contributed by atoms with Crippen LogP contribution in [-0.4, -0.2) is 43.5 Å². The van der Waals surface area contributed by atoms with Gasteiger partial charge in [-0.05, 0) is 6.42 Å². The summed E-state index contributed by atoms with van der Waals surface area (Å²) in [5.74, 6) is 0.598. The normalized spacial score (nSPS) is 17.5. The highest BCUT2D eigenvalue weighted by molar-refractivity contribution is 5.80. The van der Waals surface area contributed by atoms with Crippen molar-refractivity contribution in [2.24, 2.45) is 0 Å². The first-order chi connectivity index (χ1) is 6.20. The summed E-state index contributed by atoms with van der Waals surface area (Å²) in [6.45, 7) is 1.20. The van der Waals surface area contributed by atoms with Crippen molar-refractivity contribution in [3.8, 4) is 0 Å². The molecule has 1 aliphatic heterocycles. The van der Waals surface area contributed by atoms with E-state index in [9.17, 15) is 8.78 Å². The summed E-state index contributed by atoms with van der Waals surface area (Å²) in [4.78, 5) is 1.87. The fourth-order valence-corrected chi connectivity index (χ4v) is 1.32. The van der Waals surface area contributed by atoms with Gasteiger partial charge in [-0.1, -0.05) is 0 Å². The molecule has 1 rings (SSSR count). The van der Waals surface area contributed by atoms with Crippen LogP contribution in [-0.2, 0) is 4.74 Å². The summed E-state index contributed by atoms with van der Waals surface area (Å²) in [5, 5.41) is 7.45. The van der Waals surface area contributed by atoms with Crippen molar-refractivity contribution >= 4 is 5.84 Å². The fourth-order valence-electron chi connectivity index (χ4n) is 1.32. The molecule has 0 radical (unpaired) electrons. The van der Waals surface area contributed by atoms with E-state index in [1.54, 1.807) is 0 Å². The Morgan fingerprint density at radius 1 is 1.54 bits per heavy atom. The van der Waals surface area contributed by atoms with Gasteiger partial charge in [0.15, 0.2) is 0 Å². The van der Waals surface area contributed by atoms with Crippen molar-refractivity contribution in [2.45, 2.75) is 19.3 Å². The minimum atomic E-state index is -2.39. The summed E-state index contributed by atoms with van der Waals surface area (Å²) in [7, 11) is 0. The lowest BCUT2D eigenvalue weighted by Gasteiger charge is -2.17. The zero-order valence-electron chi connectivity index (χ0n) is 7.43. The molecule has 1 N–H and O–H groups in total. The maximum atomic E-state index is 11.6. The maximum absolute atomic E-state index is 11.6. The minimum Gasteiger partial charge on any atom is -0.374 e. The van der Waals surface area contributed by atoms with Gasteiger partial charge < -0.3 is 9.64 Å². The molecular formula is C8H14F2N2O. The van der Waals surface area contributed by atoms with Crippen LogP contribution >= 0.6 is 0 Å². The number of alkyl halides is 2. The molecule has 3 nitrogen and oxygen atoms in total. The van der Waals surface area contributed by atoms with Crippen molar-refractivity contribution in [1.29, 1.82) is 5.41 Å². The Morgan fingerprint density at radius 2 is 2.31 bits per heavy atom. The zero-order chi connectivity index (χ0) is 9.68. The van der Waals surface area contributed by atoms with Crippen LogP contribution in [0.4, 0.5) is 8.78 Å². The van der Waals surface area contributed by atoms with Gasteiger partial charge in [-0.3, -0.25) is 5.41 Å². The number of rotatable bonds is 5. The quantitative estimate of drug-likeness (QED) is 0.667. The molecule has 0 aromatic heterocycles. The third kappa shape index (κ3) is 3.67. The third-order valence-electron chi connectivity index (χ3n) is 1.97. The second kappa shape index (κ2) is 5.11. The number of ether oxygens (including phenoxy) is 1. The second-order valence-electron chi connectivity index (χ2n) is 3.00. The van der Waals surface area contributed by atoms with Crippen LogP contribution in [0.3, 0.4) is 0 Å². The molecule has 1 aliphatic rings. The van der Waals surface area contributed by atoms with E-state index in [0.29, 0.717) is 12.4 Å². The van der Waals surface area contributed by atoms with Gasteiger partial charge in [-0.15, -0.1) is 0 Å². The number of hydrogen-bond donors (Lipinski definition) is 1. The van der Waals surface area contributed by atoms with Gasteiger partial charge >= 0.3 is 0 Å². The average Bonchev–Trinajstić information content (AvgIpc) is 2.45. The Morgan fingerprint density at radius 3 is 2.85 bits per heavy atom. The molecule has 76 valence electrons. The molecule has 1 saturated heterocycles. The molecule has 0 spiro atoms. The van der Waals surface area contributed by atoms with Crippen molar-refractivity contribution < 1.29 is 13.5 Å². The Balaban J connectivity index is 2.02. The predicted molar refractivity (Wildman–Crippen MR) is 45.4 cm³/mol. The smallest absolute Gasteiger partial charge is 0.261 e. The van der Waals surface area contributed by atoms with Crippen molar-refractivity contribution in [2.75, 3.05) is 26.3 Å². The van der Waals surface area contributed by atoms with Crippen LogP contribution in [0, 0.1) is 5.41 Å². The summed E-state index contributed by atoms with van der Waals surface area (Å²) >= 11 is 0. The van der Waals surface area contributed by atoms with Crippen LogP contribution in [0.2, 0.25) is 0 Å². The molecule has 0 unspecified atom stereocenters. The van der Waals surface area contributed by atoms with E-state index in [1.165, 1.54) is 0 Å². The molecule has 13 heavy (non-hydrogen) atoms. The minimum absolute atomic E-state index is 0.284. The predicted octanol–water partition coefficient (Wildman–Crippen LogP) is 1.34. The monoisotopic (exact) mass is 192 g/mol. The zero-order valence-corrected chi connectivity index (χ0v) is 7.43. The molecule has 0 amide bonds. The highest BCUT2D eigenvalue weighted by Gasteiger charge is 2.15. The molecule has 1 fully saturated rings. The summed E-state index contributed by atoms with van der Waals surface area (Å²) in [5.41, 5.74) is 0. The van der Waals surface area contributed by atoms with E-state index in [1.807, 2.05) is 4.90 Å². The molecular weight excluding hydrogens is 178 g/mol. The Labute approximate surface area is 76.2 Å². The topological polar surface area (TPSA) is 36.3 Å². The SMILES string of the molecule is N=C1CCCN1CCOCC(F)F. The van der Waals surface area contributed by atoms with E-state index in [4.69, 9.17) is 10.1 Å². The molecule has 1 heterocycles. The van der Waals surface area contributed by atoms with Gasteiger partial charge in [0, 0.05) is 19.5 Å². The molecule has 0 aromatic rings. The van der Waals surface area contributed by atoms with E-state index >= 15 is 0 Å².